The first-order chi connectivity index (χ1) is 18.9. The minimum atomic E-state index is -2.01. The number of hydrogen-bond acceptors (Lipinski definition) is 7. The molecule has 0 saturated heterocycles. The van der Waals surface area contributed by atoms with Crippen molar-refractivity contribution in [3.05, 3.63) is 57.5 Å². The Morgan fingerprint density at radius 1 is 0.951 bits per heavy atom. The molecule has 1 heterocycles. The minimum Gasteiger partial charge on any atom is -0.453 e. The molecule has 3 rings (SSSR count). The molecule has 2 atom stereocenters. The van der Waals surface area contributed by atoms with Crippen molar-refractivity contribution in [3.8, 4) is 11.3 Å². The average molecular weight is 578 g/mol. The number of hydrogen-bond donors (Lipinski definition) is 5. The fourth-order valence-electron chi connectivity index (χ4n) is 3.63. The molecule has 0 aliphatic rings. The first-order valence-corrected chi connectivity index (χ1v) is 12.8. The van der Waals surface area contributed by atoms with Crippen LogP contribution in [-0.4, -0.2) is 34.7 Å². The Morgan fingerprint density at radius 3 is 2.07 bits per heavy atom. The molecule has 5 N–H and O–H groups in total. The van der Waals surface area contributed by atoms with E-state index in [0.29, 0.717) is 0 Å². The molecular formula is C29H34F3N3O6. The van der Waals surface area contributed by atoms with Crippen molar-refractivity contribution in [2.75, 3.05) is 17.2 Å². The van der Waals surface area contributed by atoms with Gasteiger partial charge in [-0.25, -0.2) is 13.2 Å². The van der Waals surface area contributed by atoms with Gasteiger partial charge in [0.25, 0.3) is 0 Å². The van der Waals surface area contributed by atoms with E-state index in [1.54, 1.807) is 20.8 Å². The highest BCUT2D eigenvalue weighted by Gasteiger charge is 2.32. The third-order valence-corrected chi connectivity index (χ3v) is 6.18. The molecule has 9 nitrogen and oxygen atoms in total. The maximum Gasteiger partial charge on any atom is 0.229 e. The standard InChI is InChI=1S/C29H34F3N3O6/c1-13(12-36)33-25(38)20-21(31)23(35-27(40)29(5,6)7)19-17(37)11-18(41-24(19)22(20)32)14-8-9-16(15(30)10-14)34-26(39)28(2,3)4/h8-11,13,25,33,36,38H,12H2,1-7H3,(H,34,39)(H,35,40). The number of aliphatic hydroxyl groups is 2. The van der Waals surface area contributed by atoms with E-state index >= 15 is 8.78 Å². The Bertz CT molecular complexity index is 1560. The molecule has 3 aromatic rings. The van der Waals surface area contributed by atoms with Gasteiger partial charge in [0.15, 0.2) is 22.6 Å². The van der Waals surface area contributed by atoms with Gasteiger partial charge in [-0.3, -0.25) is 19.7 Å². The van der Waals surface area contributed by atoms with Crippen molar-refractivity contribution in [2.24, 2.45) is 10.8 Å². The molecule has 12 heteroatoms. The second kappa shape index (κ2) is 11.6. The molecule has 222 valence electrons. The molecule has 0 bridgehead atoms. The molecule has 0 radical (unpaired) electrons. The molecule has 0 spiro atoms. The third-order valence-electron chi connectivity index (χ3n) is 6.18. The average Bonchev–Trinajstić information content (AvgIpc) is 2.86. The summed E-state index contributed by atoms with van der Waals surface area (Å²) in [6.45, 7) is 10.5. The molecule has 0 saturated carbocycles. The molecule has 1 aromatic heterocycles. The normalized spacial score (nSPS) is 13.7. The summed E-state index contributed by atoms with van der Waals surface area (Å²) >= 11 is 0. The number of amides is 2. The lowest BCUT2D eigenvalue weighted by molar-refractivity contribution is -0.123. The zero-order valence-electron chi connectivity index (χ0n) is 23.8. The van der Waals surface area contributed by atoms with Crippen molar-refractivity contribution in [1.82, 2.24) is 5.32 Å². The Kier molecular flexibility index (Phi) is 9.02. The number of anilines is 2. The van der Waals surface area contributed by atoms with Crippen LogP contribution in [0.25, 0.3) is 22.3 Å². The second-order valence-electron chi connectivity index (χ2n) is 11.9. The molecule has 2 aromatic carbocycles. The maximum atomic E-state index is 15.8. The van der Waals surface area contributed by atoms with E-state index < -0.39 is 86.6 Å². The van der Waals surface area contributed by atoms with Crippen molar-refractivity contribution in [1.29, 1.82) is 0 Å². The number of halogens is 3. The molecule has 41 heavy (non-hydrogen) atoms. The summed E-state index contributed by atoms with van der Waals surface area (Å²) in [6.07, 6.45) is -2.01. The van der Waals surface area contributed by atoms with Crippen LogP contribution in [0.5, 0.6) is 0 Å². The lowest BCUT2D eigenvalue weighted by Gasteiger charge is -2.23. The quantitative estimate of drug-likeness (QED) is 0.254. The van der Waals surface area contributed by atoms with Crippen LogP contribution >= 0.6 is 0 Å². The van der Waals surface area contributed by atoms with Crippen molar-refractivity contribution in [3.63, 3.8) is 0 Å². The Labute approximate surface area is 234 Å². The van der Waals surface area contributed by atoms with E-state index in [1.165, 1.54) is 39.8 Å². The highest BCUT2D eigenvalue weighted by molar-refractivity contribution is 6.03. The van der Waals surface area contributed by atoms with E-state index in [2.05, 4.69) is 16.0 Å². The first kappa shape index (κ1) is 31.8. The van der Waals surface area contributed by atoms with Crippen LogP contribution in [-0.2, 0) is 9.59 Å². The number of fused-ring (bicyclic) bond motifs is 1. The van der Waals surface area contributed by atoms with Crippen LogP contribution in [0, 0.1) is 28.3 Å². The predicted octanol–water partition coefficient (Wildman–Crippen LogP) is 4.81. The summed E-state index contributed by atoms with van der Waals surface area (Å²) in [6, 6.07) is 3.63. The third kappa shape index (κ3) is 6.77. The first-order valence-electron chi connectivity index (χ1n) is 12.8. The molecule has 2 amide bonds. The number of carbonyl (C=O) groups excluding carboxylic acids is 2. The van der Waals surface area contributed by atoms with Crippen LogP contribution in [0.4, 0.5) is 24.5 Å². The van der Waals surface area contributed by atoms with Crippen molar-refractivity contribution >= 4 is 34.2 Å². The predicted molar refractivity (Wildman–Crippen MR) is 149 cm³/mol. The number of rotatable bonds is 7. The van der Waals surface area contributed by atoms with Gasteiger partial charge in [0.05, 0.1) is 28.9 Å². The highest BCUT2D eigenvalue weighted by Crippen LogP contribution is 2.37. The van der Waals surface area contributed by atoms with Gasteiger partial charge < -0.3 is 25.3 Å². The molecular weight excluding hydrogens is 543 g/mol. The zero-order chi connectivity index (χ0) is 31.0. The Morgan fingerprint density at radius 2 is 1.54 bits per heavy atom. The van der Waals surface area contributed by atoms with Gasteiger partial charge in [0, 0.05) is 28.5 Å². The lowest BCUT2D eigenvalue weighted by Crippen LogP contribution is -2.34. The molecule has 2 unspecified atom stereocenters. The fraction of sp³-hybridized carbons (Fsp3) is 0.414. The smallest absolute Gasteiger partial charge is 0.229 e. The van der Waals surface area contributed by atoms with Gasteiger partial charge >= 0.3 is 0 Å². The van der Waals surface area contributed by atoms with Gasteiger partial charge in [0.1, 0.15) is 17.8 Å². The van der Waals surface area contributed by atoms with Gasteiger partial charge in [0.2, 0.25) is 11.8 Å². The second-order valence-corrected chi connectivity index (χ2v) is 11.9. The van der Waals surface area contributed by atoms with Crippen molar-refractivity contribution in [2.45, 2.75) is 60.7 Å². The number of aliphatic hydroxyl groups excluding tert-OH is 2. The zero-order valence-corrected chi connectivity index (χ0v) is 23.8. The van der Waals surface area contributed by atoms with Gasteiger partial charge in [-0.2, -0.15) is 0 Å². The summed E-state index contributed by atoms with van der Waals surface area (Å²) in [5.41, 5.74) is -5.40. The molecule has 0 aliphatic heterocycles. The van der Waals surface area contributed by atoms with Gasteiger partial charge in [-0.15, -0.1) is 0 Å². The van der Waals surface area contributed by atoms with E-state index in [1.807, 2.05) is 0 Å². The van der Waals surface area contributed by atoms with Crippen molar-refractivity contribution < 1.29 is 37.4 Å². The van der Waals surface area contributed by atoms with Crippen LogP contribution < -0.4 is 21.4 Å². The SMILES string of the molecule is CC(CO)NC(O)c1c(F)c(NC(=O)C(C)(C)C)c2c(=O)cc(-c3ccc(NC(=O)C(C)(C)C)c(F)c3)oc2c1F. The Balaban J connectivity index is 2.25. The minimum absolute atomic E-state index is 0.00612. The van der Waals surface area contributed by atoms with E-state index in [9.17, 15) is 29.0 Å². The maximum absolute atomic E-state index is 15.8. The van der Waals surface area contributed by atoms with E-state index in [-0.39, 0.29) is 17.0 Å². The topological polar surface area (TPSA) is 141 Å². The highest BCUT2D eigenvalue weighted by atomic mass is 19.1. The van der Waals surface area contributed by atoms with Gasteiger partial charge in [-0.05, 0) is 25.1 Å². The summed E-state index contributed by atoms with van der Waals surface area (Å²) in [5, 5.41) is 26.4. The number of benzene rings is 2. The van der Waals surface area contributed by atoms with Crippen LogP contribution in [0.3, 0.4) is 0 Å². The number of carbonyl (C=O) groups is 2. The summed E-state index contributed by atoms with van der Waals surface area (Å²) in [7, 11) is 0. The van der Waals surface area contributed by atoms with Crippen LogP contribution in [0.2, 0.25) is 0 Å². The Hall–Kier alpha value is -3.74. The molecule has 0 fully saturated rings. The largest absolute Gasteiger partial charge is 0.453 e. The summed E-state index contributed by atoms with van der Waals surface area (Å²) < 4.78 is 52.1. The van der Waals surface area contributed by atoms with Crippen LogP contribution in [0.1, 0.15) is 60.3 Å². The monoisotopic (exact) mass is 577 g/mol. The van der Waals surface area contributed by atoms with E-state index in [4.69, 9.17) is 4.42 Å². The fourth-order valence-corrected chi connectivity index (χ4v) is 3.63. The summed E-state index contributed by atoms with van der Waals surface area (Å²) in [5.74, 6) is -5.16. The van der Waals surface area contributed by atoms with Crippen LogP contribution in [0.15, 0.2) is 33.5 Å². The van der Waals surface area contributed by atoms with E-state index in [0.717, 1.165) is 12.1 Å². The number of nitrogens with one attached hydrogen (secondary N) is 3. The summed E-state index contributed by atoms with van der Waals surface area (Å²) in [4.78, 5) is 38.2. The molecule has 0 aliphatic carbocycles. The lowest BCUT2D eigenvalue weighted by atomic mass is 9.95. The van der Waals surface area contributed by atoms with Gasteiger partial charge in [-0.1, -0.05) is 41.5 Å².